The van der Waals surface area contributed by atoms with Crippen LogP contribution in [0.4, 0.5) is 0 Å². The van der Waals surface area contributed by atoms with E-state index in [-0.39, 0.29) is 0 Å². The van der Waals surface area contributed by atoms with Gasteiger partial charge in [0.05, 0.1) is 0 Å². The van der Waals surface area contributed by atoms with Crippen molar-refractivity contribution in [3.63, 3.8) is 0 Å². The molecule has 1 aliphatic heterocycles. The van der Waals surface area contributed by atoms with Crippen molar-refractivity contribution in [2.24, 2.45) is 17.1 Å². The molecule has 2 heteroatoms. The molecular weight excluding hydrogens is 160 g/mol. The van der Waals surface area contributed by atoms with Gasteiger partial charge >= 0.3 is 0 Å². The van der Waals surface area contributed by atoms with Crippen LogP contribution in [0.5, 0.6) is 0 Å². The van der Waals surface area contributed by atoms with Crippen LogP contribution >= 0.6 is 0 Å². The van der Waals surface area contributed by atoms with E-state index in [1.54, 1.807) is 0 Å². The van der Waals surface area contributed by atoms with Gasteiger partial charge in [-0.2, -0.15) is 0 Å². The molecule has 0 aromatic heterocycles. The minimum Gasteiger partial charge on any atom is -0.330 e. The largest absolute Gasteiger partial charge is 0.330 e. The van der Waals surface area contributed by atoms with Crippen molar-refractivity contribution < 1.29 is 0 Å². The van der Waals surface area contributed by atoms with Gasteiger partial charge in [-0.3, -0.25) is 0 Å². The highest BCUT2D eigenvalue weighted by molar-refractivity contribution is 4.87. The number of nitrogens with zero attached hydrogens (tertiary/aromatic N) is 1. The molecule has 2 N–H and O–H groups in total. The Morgan fingerprint density at radius 3 is 2.31 bits per heavy atom. The summed E-state index contributed by atoms with van der Waals surface area (Å²) in [4.78, 5) is 2.55. The first-order valence-corrected chi connectivity index (χ1v) is 5.46. The SMILES string of the molecule is CC(C)(C)C1CN(CCCCN)C1. The van der Waals surface area contributed by atoms with E-state index in [9.17, 15) is 0 Å². The molecule has 0 saturated carbocycles. The van der Waals surface area contributed by atoms with E-state index in [4.69, 9.17) is 5.73 Å². The maximum absolute atomic E-state index is 5.45. The lowest BCUT2D eigenvalue weighted by Crippen LogP contribution is -2.52. The Kier molecular flexibility index (Phi) is 3.74. The van der Waals surface area contributed by atoms with Crippen molar-refractivity contribution in [1.82, 2.24) is 4.90 Å². The van der Waals surface area contributed by atoms with Crippen LogP contribution in [0.3, 0.4) is 0 Å². The average Bonchev–Trinajstić information content (AvgIpc) is 1.91. The molecule has 1 fully saturated rings. The van der Waals surface area contributed by atoms with Crippen LogP contribution in [0.15, 0.2) is 0 Å². The topological polar surface area (TPSA) is 29.3 Å². The van der Waals surface area contributed by atoms with Crippen molar-refractivity contribution in [1.29, 1.82) is 0 Å². The van der Waals surface area contributed by atoms with Crippen LogP contribution < -0.4 is 5.73 Å². The Morgan fingerprint density at radius 1 is 1.23 bits per heavy atom. The first-order valence-electron chi connectivity index (χ1n) is 5.46. The lowest BCUT2D eigenvalue weighted by molar-refractivity contribution is 0.0241. The summed E-state index contributed by atoms with van der Waals surface area (Å²) in [7, 11) is 0. The summed E-state index contributed by atoms with van der Waals surface area (Å²) in [5.41, 5.74) is 5.96. The zero-order chi connectivity index (χ0) is 9.90. The molecule has 0 spiro atoms. The van der Waals surface area contributed by atoms with E-state index in [0.717, 1.165) is 12.5 Å². The highest BCUT2D eigenvalue weighted by Gasteiger charge is 2.34. The normalized spacial score (nSPS) is 20.3. The molecule has 1 aliphatic rings. The number of hydrogen-bond donors (Lipinski definition) is 1. The molecule has 0 atom stereocenters. The highest BCUT2D eigenvalue weighted by atomic mass is 15.2. The summed E-state index contributed by atoms with van der Waals surface area (Å²) in [5, 5.41) is 0. The molecule has 0 aliphatic carbocycles. The predicted molar refractivity (Wildman–Crippen MR) is 57.7 cm³/mol. The number of nitrogens with two attached hydrogens (primary N) is 1. The number of rotatable bonds is 4. The van der Waals surface area contributed by atoms with E-state index in [0.29, 0.717) is 5.41 Å². The van der Waals surface area contributed by atoms with E-state index < -0.39 is 0 Å². The molecule has 0 amide bonds. The van der Waals surface area contributed by atoms with Gasteiger partial charge in [0, 0.05) is 13.1 Å². The number of hydrogen-bond acceptors (Lipinski definition) is 2. The molecule has 0 bridgehead atoms. The molecule has 1 saturated heterocycles. The van der Waals surface area contributed by atoms with E-state index in [1.165, 1.54) is 32.5 Å². The third kappa shape index (κ3) is 3.28. The molecule has 1 heterocycles. The number of likely N-dealkylation sites (tertiary alicyclic amines) is 1. The maximum Gasteiger partial charge on any atom is 0.00270 e. The highest BCUT2D eigenvalue weighted by Crippen LogP contribution is 2.33. The zero-order valence-electron chi connectivity index (χ0n) is 9.34. The molecule has 2 nitrogen and oxygen atoms in total. The summed E-state index contributed by atoms with van der Waals surface area (Å²) >= 11 is 0. The van der Waals surface area contributed by atoms with E-state index in [1.807, 2.05) is 0 Å². The van der Waals surface area contributed by atoms with Crippen molar-refractivity contribution in [2.75, 3.05) is 26.2 Å². The minimum absolute atomic E-state index is 0.504. The molecule has 78 valence electrons. The van der Waals surface area contributed by atoms with Crippen LogP contribution in [-0.4, -0.2) is 31.1 Å². The first kappa shape index (κ1) is 11.0. The molecular formula is C11H24N2. The second-order valence-electron chi connectivity index (χ2n) is 5.32. The lowest BCUT2D eigenvalue weighted by atomic mass is 9.76. The Labute approximate surface area is 82.5 Å². The smallest absolute Gasteiger partial charge is 0.00270 e. The summed E-state index contributed by atoms with van der Waals surface area (Å²) < 4.78 is 0. The number of unbranched alkanes of at least 4 members (excludes halogenated alkanes) is 1. The van der Waals surface area contributed by atoms with Gasteiger partial charge in [0.25, 0.3) is 0 Å². The average molecular weight is 184 g/mol. The Bertz CT molecular complexity index is 143. The van der Waals surface area contributed by atoms with Crippen LogP contribution in [-0.2, 0) is 0 Å². The van der Waals surface area contributed by atoms with Gasteiger partial charge in [0.2, 0.25) is 0 Å². The lowest BCUT2D eigenvalue weighted by Gasteiger charge is -2.46. The monoisotopic (exact) mass is 184 g/mol. The van der Waals surface area contributed by atoms with E-state index >= 15 is 0 Å². The Hall–Kier alpha value is -0.0800. The molecule has 0 aromatic carbocycles. The summed E-state index contributed by atoms with van der Waals surface area (Å²) in [5.74, 6) is 0.908. The molecule has 0 radical (unpaired) electrons. The molecule has 0 aromatic rings. The zero-order valence-corrected chi connectivity index (χ0v) is 9.34. The fourth-order valence-corrected chi connectivity index (χ4v) is 1.78. The van der Waals surface area contributed by atoms with Gasteiger partial charge in [-0.05, 0) is 37.3 Å². The van der Waals surface area contributed by atoms with Gasteiger partial charge in [-0.15, -0.1) is 0 Å². The second-order valence-corrected chi connectivity index (χ2v) is 5.32. The maximum atomic E-state index is 5.45. The van der Waals surface area contributed by atoms with Gasteiger partial charge in [0.1, 0.15) is 0 Å². The van der Waals surface area contributed by atoms with Gasteiger partial charge < -0.3 is 10.6 Å². The van der Waals surface area contributed by atoms with Crippen LogP contribution in [0.1, 0.15) is 33.6 Å². The van der Waals surface area contributed by atoms with Crippen LogP contribution in [0.25, 0.3) is 0 Å². The Balaban J connectivity index is 2.05. The predicted octanol–water partition coefficient (Wildman–Crippen LogP) is 1.70. The standard InChI is InChI=1S/C11H24N2/c1-11(2,3)10-8-13(9-10)7-5-4-6-12/h10H,4-9,12H2,1-3H3. The van der Waals surface area contributed by atoms with Crippen molar-refractivity contribution in [3.05, 3.63) is 0 Å². The molecule has 0 unspecified atom stereocenters. The van der Waals surface area contributed by atoms with Crippen LogP contribution in [0, 0.1) is 11.3 Å². The summed E-state index contributed by atoms with van der Waals surface area (Å²) in [6.45, 7) is 11.7. The van der Waals surface area contributed by atoms with Crippen molar-refractivity contribution in [2.45, 2.75) is 33.6 Å². The van der Waals surface area contributed by atoms with Crippen LogP contribution in [0.2, 0.25) is 0 Å². The van der Waals surface area contributed by atoms with Gasteiger partial charge in [-0.25, -0.2) is 0 Å². The first-order chi connectivity index (χ1) is 6.04. The Morgan fingerprint density at radius 2 is 1.85 bits per heavy atom. The van der Waals surface area contributed by atoms with Gasteiger partial charge in [-0.1, -0.05) is 20.8 Å². The fraction of sp³-hybridized carbons (Fsp3) is 1.00. The molecule has 1 rings (SSSR count). The minimum atomic E-state index is 0.504. The third-order valence-corrected chi connectivity index (χ3v) is 3.11. The molecule has 13 heavy (non-hydrogen) atoms. The second kappa shape index (κ2) is 4.43. The van der Waals surface area contributed by atoms with Crippen molar-refractivity contribution in [3.8, 4) is 0 Å². The van der Waals surface area contributed by atoms with Crippen molar-refractivity contribution >= 4 is 0 Å². The third-order valence-electron chi connectivity index (χ3n) is 3.11. The quantitative estimate of drug-likeness (QED) is 0.674. The fourth-order valence-electron chi connectivity index (χ4n) is 1.78. The summed E-state index contributed by atoms with van der Waals surface area (Å²) in [6, 6.07) is 0. The summed E-state index contributed by atoms with van der Waals surface area (Å²) in [6.07, 6.45) is 2.45. The van der Waals surface area contributed by atoms with E-state index in [2.05, 4.69) is 25.7 Å². The van der Waals surface area contributed by atoms with Gasteiger partial charge in [0.15, 0.2) is 0 Å².